The molecule has 0 spiro atoms. The van der Waals surface area contributed by atoms with Crippen molar-refractivity contribution in [1.29, 1.82) is 0 Å². The Kier molecular flexibility index (Phi) is 9.99. The van der Waals surface area contributed by atoms with Gasteiger partial charge < -0.3 is 31.2 Å². The van der Waals surface area contributed by atoms with Crippen LogP contribution in [0, 0.1) is 0 Å². The fourth-order valence-electron chi connectivity index (χ4n) is 5.26. The minimum Gasteiger partial charge on any atom is -1.00 e. The van der Waals surface area contributed by atoms with Gasteiger partial charge >= 0.3 is 5.97 Å². The van der Waals surface area contributed by atoms with Crippen LogP contribution < -0.4 is 42.4 Å². The van der Waals surface area contributed by atoms with Crippen molar-refractivity contribution >= 4 is 29.1 Å². The molecule has 41 heavy (non-hydrogen) atoms. The molecule has 0 fully saturated rings. The van der Waals surface area contributed by atoms with E-state index in [4.69, 9.17) is 14.2 Å². The molecule has 0 N–H and O–H groups in total. The summed E-state index contributed by atoms with van der Waals surface area (Å²) in [6.07, 6.45) is 0.814. The van der Waals surface area contributed by atoms with E-state index in [-0.39, 0.29) is 17.0 Å². The van der Waals surface area contributed by atoms with E-state index < -0.39 is 13.2 Å². The van der Waals surface area contributed by atoms with Crippen molar-refractivity contribution in [2.75, 3.05) is 21.3 Å². The molecule has 0 saturated heterocycles. The zero-order valence-electron chi connectivity index (χ0n) is 23.3. The largest absolute Gasteiger partial charge is 1.00 e. The molecule has 5 rings (SSSR count). The van der Waals surface area contributed by atoms with Gasteiger partial charge in [0.25, 0.3) is 0 Å². The number of rotatable bonds is 9. The van der Waals surface area contributed by atoms with Gasteiger partial charge in [-0.15, -0.1) is 0 Å². The summed E-state index contributed by atoms with van der Waals surface area (Å²) in [5, 5.41) is 3.95. The third-order valence-corrected chi connectivity index (χ3v) is 11.6. The minimum absolute atomic E-state index is 0. The molecule has 0 aromatic heterocycles. The van der Waals surface area contributed by atoms with E-state index in [0.717, 1.165) is 22.9 Å². The molecular formula is C35H32BrO4P. The smallest absolute Gasteiger partial charge is 0.338 e. The van der Waals surface area contributed by atoms with Crippen LogP contribution in [0.3, 0.4) is 0 Å². The SMILES string of the molecule is COC(=O)c1cc(OC)ccc1-c1ccc(C[P+](c2ccccc2)(c2ccccc2)c2ccccc2)cc1OC.[Br-]. The van der Waals surface area contributed by atoms with Gasteiger partial charge in [-0.25, -0.2) is 4.79 Å². The van der Waals surface area contributed by atoms with Crippen molar-refractivity contribution < 1.29 is 36.0 Å². The standard InChI is InChI=1S/C35H32O4P.BrH/c1-37-27-20-22-31(33(24-27)35(36)39-3)32-21-19-26(23-34(32)38-2)25-40(28-13-7-4-8-14-28,29-15-9-5-10-16-29)30-17-11-6-12-18-30;/h4-24H,25H2,1-3H3;1H/q+1;/p-1. The number of ether oxygens (including phenoxy) is 3. The molecule has 0 aliphatic rings. The monoisotopic (exact) mass is 626 g/mol. The zero-order valence-corrected chi connectivity index (χ0v) is 25.8. The third kappa shape index (κ3) is 6.07. The van der Waals surface area contributed by atoms with E-state index in [1.54, 1.807) is 20.3 Å². The molecule has 0 amide bonds. The van der Waals surface area contributed by atoms with Crippen molar-refractivity contribution in [2.24, 2.45) is 0 Å². The Labute approximate surface area is 253 Å². The second kappa shape index (κ2) is 13.6. The molecule has 208 valence electrons. The van der Waals surface area contributed by atoms with Crippen molar-refractivity contribution in [3.63, 3.8) is 0 Å². The summed E-state index contributed by atoms with van der Waals surface area (Å²) in [6, 6.07) is 44.1. The Morgan fingerprint density at radius 1 is 0.610 bits per heavy atom. The maximum absolute atomic E-state index is 12.7. The Morgan fingerprint density at radius 2 is 1.12 bits per heavy atom. The Hall–Kier alpha value is -3.92. The van der Waals surface area contributed by atoms with Crippen molar-refractivity contribution in [1.82, 2.24) is 0 Å². The Balaban J connectivity index is 0.00000387. The molecule has 0 heterocycles. The highest BCUT2D eigenvalue weighted by Gasteiger charge is 2.45. The quantitative estimate of drug-likeness (QED) is 0.185. The lowest BCUT2D eigenvalue weighted by Gasteiger charge is -2.28. The number of hydrogen-bond donors (Lipinski definition) is 0. The number of carbonyl (C=O) groups is 1. The minimum atomic E-state index is -2.08. The first kappa shape index (κ1) is 30.0. The van der Waals surface area contributed by atoms with Gasteiger partial charge in [0.1, 0.15) is 34.7 Å². The van der Waals surface area contributed by atoms with Crippen LogP contribution in [0.2, 0.25) is 0 Å². The lowest BCUT2D eigenvalue weighted by Crippen LogP contribution is -3.00. The topological polar surface area (TPSA) is 44.8 Å². The Bertz CT molecular complexity index is 1490. The summed E-state index contributed by atoms with van der Waals surface area (Å²) in [4.78, 5) is 12.7. The summed E-state index contributed by atoms with van der Waals surface area (Å²) >= 11 is 0. The van der Waals surface area contributed by atoms with Gasteiger partial charge in [0.05, 0.1) is 33.1 Å². The van der Waals surface area contributed by atoms with Gasteiger partial charge in [-0.05, 0) is 66.2 Å². The van der Waals surface area contributed by atoms with E-state index in [0.29, 0.717) is 17.1 Å². The van der Waals surface area contributed by atoms with Crippen LogP contribution >= 0.6 is 7.26 Å². The van der Waals surface area contributed by atoms with E-state index in [1.807, 2.05) is 18.2 Å². The number of methoxy groups -OCH3 is 3. The van der Waals surface area contributed by atoms with Crippen LogP contribution in [0.5, 0.6) is 11.5 Å². The van der Waals surface area contributed by atoms with Crippen LogP contribution in [0.25, 0.3) is 11.1 Å². The first-order valence-electron chi connectivity index (χ1n) is 13.1. The highest BCUT2D eigenvalue weighted by Crippen LogP contribution is 2.58. The van der Waals surface area contributed by atoms with Gasteiger partial charge in [-0.3, -0.25) is 0 Å². The van der Waals surface area contributed by atoms with Crippen LogP contribution in [0.1, 0.15) is 15.9 Å². The van der Waals surface area contributed by atoms with E-state index in [9.17, 15) is 4.79 Å². The van der Waals surface area contributed by atoms with Gasteiger partial charge in [-0.1, -0.05) is 66.7 Å². The molecular weight excluding hydrogens is 595 g/mol. The molecule has 6 heteroatoms. The highest BCUT2D eigenvalue weighted by atomic mass is 79.9. The average molecular weight is 628 g/mol. The van der Waals surface area contributed by atoms with Crippen LogP contribution in [0.15, 0.2) is 127 Å². The number of esters is 1. The maximum atomic E-state index is 12.7. The average Bonchev–Trinajstić information content (AvgIpc) is 3.04. The van der Waals surface area contributed by atoms with E-state index in [2.05, 4.69) is 103 Å². The summed E-state index contributed by atoms with van der Waals surface area (Å²) in [5.41, 5.74) is 3.12. The first-order chi connectivity index (χ1) is 19.6. The van der Waals surface area contributed by atoms with Crippen molar-refractivity contribution in [3.8, 4) is 22.6 Å². The van der Waals surface area contributed by atoms with E-state index in [1.165, 1.54) is 23.0 Å². The summed E-state index contributed by atoms with van der Waals surface area (Å²) in [7, 11) is 2.54. The molecule has 0 saturated carbocycles. The molecule has 5 aromatic rings. The second-order valence-electron chi connectivity index (χ2n) is 9.41. The molecule has 4 nitrogen and oxygen atoms in total. The normalized spacial score (nSPS) is 10.8. The number of benzene rings is 5. The van der Waals surface area contributed by atoms with Crippen LogP contribution in [-0.4, -0.2) is 27.3 Å². The van der Waals surface area contributed by atoms with Crippen LogP contribution in [-0.2, 0) is 10.9 Å². The van der Waals surface area contributed by atoms with Gasteiger partial charge in [0.15, 0.2) is 0 Å². The number of carbonyl (C=O) groups excluding carboxylic acids is 1. The zero-order chi connectivity index (χ0) is 28.0. The predicted octanol–water partition coefficient (Wildman–Crippen LogP) is 3.66. The molecule has 0 atom stereocenters. The number of hydrogen-bond acceptors (Lipinski definition) is 4. The lowest BCUT2D eigenvalue weighted by atomic mass is 9.97. The van der Waals surface area contributed by atoms with Crippen molar-refractivity contribution in [2.45, 2.75) is 6.16 Å². The number of halogens is 1. The van der Waals surface area contributed by atoms with Gasteiger partial charge in [0.2, 0.25) is 0 Å². The lowest BCUT2D eigenvalue weighted by molar-refractivity contribution is -0.0000229. The summed E-state index contributed by atoms with van der Waals surface area (Å²) < 4.78 is 16.4. The van der Waals surface area contributed by atoms with Crippen LogP contribution in [0.4, 0.5) is 0 Å². The predicted molar refractivity (Wildman–Crippen MR) is 165 cm³/mol. The fraction of sp³-hybridized carbons (Fsp3) is 0.114. The molecule has 5 aromatic carbocycles. The molecule has 0 radical (unpaired) electrons. The summed E-state index contributed by atoms with van der Waals surface area (Å²) in [5.74, 6) is 0.852. The van der Waals surface area contributed by atoms with Crippen molar-refractivity contribution in [3.05, 3.63) is 139 Å². The maximum Gasteiger partial charge on any atom is 0.338 e. The first-order valence-corrected chi connectivity index (χ1v) is 15.1. The van der Waals surface area contributed by atoms with Gasteiger partial charge in [0, 0.05) is 11.1 Å². The molecule has 0 aliphatic carbocycles. The molecule has 0 bridgehead atoms. The molecule has 0 aliphatic heterocycles. The van der Waals surface area contributed by atoms with E-state index >= 15 is 0 Å². The van der Waals surface area contributed by atoms with Gasteiger partial charge in [-0.2, -0.15) is 0 Å². The molecule has 0 unspecified atom stereocenters. The fourth-order valence-corrected chi connectivity index (χ4v) is 9.49. The highest BCUT2D eigenvalue weighted by molar-refractivity contribution is 7.95. The third-order valence-electron chi connectivity index (χ3n) is 7.20. The summed E-state index contributed by atoms with van der Waals surface area (Å²) in [6.45, 7) is 0. The Morgan fingerprint density at radius 3 is 1.59 bits per heavy atom. The second-order valence-corrected chi connectivity index (χ2v) is 12.9.